The maximum absolute atomic E-state index is 13.4. The quantitative estimate of drug-likeness (QED) is 0.175. The van der Waals surface area contributed by atoms with Gasteiger partial charge in [-0.1, -0.05) is 24.3 Å². The van der Waals surface area contributed by atoms with Gasteiger partial charge in [-0.15, -0.1) is 0 Å². The third kappa shape index (κ3) is 4.45. The number of ether oxygens (including phenoxy) is 2. The molecule has 1 amide bonds. The Kier molecular flexibility index (Phi) is 6.79. The van der Waals surface area contributed by atoms with E-state index in [-0.39, 0.29) is 29.4 Å². The van der Waals surface area contributed by atoms with Gasteiger partial charge in [0.15, 0.2) is 11.5 Å². The highest BCUT2D eigenvalue weighted by Gasteiger charge is 2.46. The van der Waals surface area contributed by atoms with Crippen molar-refractivity contribution in [1.82, 2.24) is 9.88 Å². The summed E-state index contributed by atoms with van der Waals surface area (Å²) in [5.74, 6) is -0.993. The highest BCUT2D eigenvalue weighted by atomic mass is 16.5. The van der Waals surface area contributed by atoms with Gasteiger partial charge in [0.2, 0.25) is 0 Å². The van der Waals surface area contributed by atoms with E-state index in [2.05, 4.69) is 4.98 Å². The molecule has 38 heavy (non-hydrogen) atoms. The van der Waals surface area contributed by atoms with Gasteiger partial charge in [-0.25, -0.2) is 0 Å². The predicted molar refractivity (Wildman–Crippen MR) is 143 cm³/mol. The lowest BCUT2D eigenvalue weighted by molar-refractivity contribution is -0.139. The number of phenols is 1. The molecule has 194 valence electrons. The normalized spacial score (nSPS) is 16.8. The Bertz CT molecular complexity index is 1540. The number of rotatable bonds is 8. The number of methoxy groups -OCH3 is 1. The average Bonchev–Trinajstić information content (AvgIpc) is 3.46. The summed E-state index contributed by atoms with van der Waals surface area (Å²) >= 11 is 0. The number of nitrogens with zero attached hydrogens (tertiary/aromatic N) is 1. The highest BCUT2D eigenvalue weighted by molar-refractivity contribution is 6.46. The van der Waals surface area contributed by atoms with Gasteiger partial charge in [-0.2, -0.15) is 0 Å². The average molecular weight is 513 g/mol. The summed E-state index contributed by atoms with van der Waals surface area (Å²) in [6.45, 7) is 2.60. The lowest BCUT2D eigenvalue weighted by Crippen LogP contribution is -2.31. The molecule has 0 aliphatic carbocycles. The van der Waals surface area contributed by atoms with Gasteiger partial charge in [0, 0.05) is 29.2 Å². The van der Waals surface area contributed by atoms with Crippen LogP contribution < -0.4 is 9.47 Å². The van der Waals surface area contributed by atoms with Gasteiger partial charge in [-0.3, -0.25) is 9.59 Å². The van der Waals surface area contributed by atoms with E-state index in [4.69, 9.17) is 9.47 Å². The van der Waals surface area contributed by atoms with Gasteiger partial charge in [-0.05, 0) is 66.9 Å². The number of para-hydroxylation sites is 1. The van der Waals surface area contributed by atoms with Crippen LogP contribution >= 0.6 is 0 Å². The number of phenolic OH excluding ortho intramolecular Hbond substituents is 1. The fraction of sp³-hybridized carbons (Fsp3) is 0.200. The van der Waals surface area contributed by atoms with Gasteiger partial charge in [0.25, 0.3) is 11.7 Å². The minimum absolute atomic E-state index is 0.0224. The number of aromatic nitrogens is 1. The van der Waals surface area contributed by atoms with E-state index < -0.39 is 17.7 Å². The molecule has 1 aromatic heterocycles. The standard InChI is InChI=1S/C30H28N2O6/c1-3-38-21-11-8-18(9-12-21)28(34)26-27(19-10-13-24(33)25(16-19)37-2)32(30(36)29(26)35)15-14-20-17-31-23-7-5-4-6-22(20)23/h4-13,16-17,27,31,33-34H,3,14-15H2,1-2H3/b28-26-. The number of ketones is 1. The van der Waals surface area contributed by atoms with Crippen LogP contribution in [0.15, 0.2) is 78.5 Å². The van der Waals surface area contributed by atoms with Crippen LogP contribution in [0.4, 0.5) is 0 Å². The SMILES string of the molecule is CCOc1ccc(/C(O)=C2/C(=O)C(=O)N(CCc3c[nH]c4ccccc34)C2c2ccc(O)c(OC)c2)cc1. The van der Waals surface area contributed by atoms with Crippen molar-refractivity contribution >= 4 is 28.4 Å². The van der Waals surface area contributed by atoms with E-state index in [9.17, 15) is 19.8 Å². The summed E-state index contributed by atoms with van der Waals surface area (Å²) in [5, 5.41) is 22.5. The van der Waals surface area contributed by atoms with E-state index in [1.807, 2.05) is 37.4 Å². The molecular formula is C30H28N2O6. The molecule has 8 nitrogen and oxygen atoms in total. The van der Waals surface area contributed by atoms with Crippen LogP contribution in [-0.2, 0) is 16.0 Å². The molecule has 4 aromatic rings. The van der Waals surface area contributed by atoms with Crippen LogP contribution in [0.1, 0.15) is 29.7 Å². The second kappa shape index (κ2) is 10.3. The molecule has 2 heterocycles. The Labute approximate surface area is 219 Å². The lowest BCUT2D eigenvalue weighted by Gasteiger charge is -2.25. The van der Waals surface area contributed by atoms with Crippen molar-refractivity contribution in [2.45, 2.75) is 19.4 Å². The number of carbonyl (C=O) groups excluding carboxylic acids is 2. The van der Waals surface area contributed by atoms with Gasteiger partial charge >= 0.3 is 0 Å². The zero-order valence-electron chi connectivity index (χ0n) is 21.1. The summed E-state index contributed by atoms with van der Waals surface area (Å²) in [4.78, 5) is 31.4. The molecule has 0 saturated carbocycles. The fourth-order valence-electron chi connectivity index (χ4n) is 4.93. The van der Waals surface area contributed by atoms with E-state index >= 15 is 0 Å². The van der Waals surface area contributed by atoms with Crippen LogP contribution in [-0.4, -0.2) is 52.0 Å². The largest absolute Gasteiger partial charge is 0.507 e. The molecule has 8 heteroatoms. The van der Waals surface area contributed by atoms with Crippen molar-refractivity contribution < 1.29 is 29.3 Å². The van der Waals surface area contributed by atoms with Crippen molar-refractivity contribution in [3.05, 3.63) is 95.2 Å². The second-order valence-corrected chi connectivity index (χ2v) is 8.99. The number of carbonyl (C=O) groups is 2. The fourth-order valence-corrected chi connectivity index (χ4v) is 4.93. The Balaban J connectivity index is 1.57. The molecule has 0 radical (unpaired) electrons. The monoisotopic (exact) mass is 512 g/mol. The molecule has 5 rings (SSSR count). The van der Waals surface area contributed by atoms with Crippen molar-refractivity contribution in [2.24, 2.45) is 0 Å². The molecule has 1 unspecified atom stereocenters. The van der Waals surface area contributed by atoms with Gasteiger partial charge in [0.05, 0.1) is 25.3 Å². The summed E-state index contributed by atoms with van der Waals surface area (Å²) in [7, 11) is 1.42. The van der Waals surface area contributed by atoms with Crippen LogP contribution in [0.3, 0.4) is 0 Å². The minimum atomic E-state index is -0.874. The molecule has 1 fully saturated rings. The number of aromatic amines is 1. The van der Waals surface area contributed by atoms with Crippen LogP contribution in [0.2, 0.25) is 0 Å². The summed E-state index contributed by atoms with van der Waals surface area (Å²) in [5.41, 5.74) is 2.89. The maximum atomic E-state index is 13.4. The number of fused-ring (bicyclic) bond motifs is 1. The number of hydrogen-bond donors (Lipinski definition) is 3. The summed E-state index contributed by atoms with van der Waals surface area (Å²) in [6, 6.07) is 18.3. The third-order valence-electron chi connectivity index (χ3n) is 6.80. The first-order valence-electron chi connectivity index (χ1n) is 12.4. The van der Waals surface area contributed by atoms with Crippen molar-refractivity contribution in [3.8, 4) is 17.2 Å². The Hall–Kier alpha value is -4.72. The van der Waals surface area contributed by atoms with Crippen LogP contribution in [0, 0.1) is 0 Å². The number of hydrogen-bond acceptors (Lipinski definition) is 6. The number of aliphatic hydroxyl groups excluding tert-OH is 1. The molecule has 1 atom stereocenters. The molecular weight excluding hydrogens is 484 g/mol. The zero-order valence-corrected chi connectivity index (χ0v) is 21.1. The molecule has 0 bridgehead atoms. The minimum Gasteiger partial charge on any atom is -0.507 e. The second-order valence-electron chi connectivity index (χ2n) is 8.99. The maximum Gasteiger partial charge on any atom is 0.295 e. The Morgan fingerprint density at radius 2 is 1.82 bits per heavy atom. The first-order valence-corrected chi connectivity index (χ1v) is 12.4. The predicted octanol–water partition coefficient (Wildman–Crippen LogP) is 4.95. The lowest BCUT2D eigenvalue weighted by atomic mass is 9.94. The van der Waals surface area contributed by atoms with Gasteiger partial charge in [0.1, 0.15) is 11.5 Å². The number of aliphatic hydroxyl groups is 1. The third-order valence-corrected chi connectivity index (χ3v) is 6.80. The summed E-state index contributed by atoms with van der Waals surface area (Å²) < 4.78 is 10.8. The molecule has 1 saturated heterocycles. The molecule has 3 aromatic carbocycles. The smallest absolute Gasteiger partial charge is 0.295 e. The number of nitrogens with one attached hydrogen (secondary N) is 1. The number of aromatic hydroxyl groups is 1. The Morgan fingerprint density at radius 3 is 2.55 bits per heavy atom. The Morgan fingerprint density at radius 1 is 1.05 bits per heavy atom. The number of Topliss-reactive ketones (excluding diaryl/α,β-unsaturated/α-hetero) is 1. The first-order chi connectivity index (χ1) is 18.4. The highest BCUT2D eigenvalue weighted by Crippen LogP contribution is 2.42. The molecule has 0 spiro atoms. The van der Waals surface area contributed by atoms with Crippen molar-refractivity contribution in [2.75, 3.05) is 20.3 Å². The first kappa shape index (κ1) is 25.0. The number of amides is 1. The van der Waals surface area contributed by atoms with E-state index in [0.29, 0.717) is 29.9 Å². The van der Waals surface area contributed by atoms with Crippen molar-refractivity contribution in [1.29, 1.82) is 0 Å². The molecule has 1 aliphatic heterocycles. The summed E-state index contributed by atoms with van der Waals surface area (Å²) in [6.07, 6.45) is 2.39. The van der Waals surface area contributed by atoms with Crippen molar-refractivity contribution in [3.63, 3.8) is 0 Å². The number of H-pyrrole nitrogens is 1. The van der Waals surface area contributed by atoms with Crippen LogP contribution in [0.5, 0.6) is 17.2 Å². The number of likely N-dealkylation sites (tertiary alicyclic amines) is 1. The van der Waals surface area contributed by atoms with E-state index in [0.717, 1.165) is 16.5 Å². The molecule has 3 N–H and O–H groups in total. The topological polar surface area (TPSA) is 112 Å². The zero-order chi connectivity index (χ0) is 26.8. The van der Waals surface area contributed by atoms with E-state index in [1.165, 1.54) is 18.1 Å². The van der Waals surface area contributed by atoms with Crippen LogP contribution in [0.25, 0.3) is 16.7 Å². The molecule has 1 aliphatic rings. The number of benzene rings is 3. The van der Waals surface area contributed by atoms with E-state index in [1.54, 1.807) is 36.4 Å². The van der Waals surface area contributed by atoms with Gasteiger partial charge < -0.3 is 29.6 Å².